The van der Waals surface area contributed by atoms with Gasteiger partial charge in [-0.3, -0.25) is 9.59 Å². The number of aromatic nitrogens is 2. The topological polar surface area (TPSA) is 81.2 Å². The van der Waals surface area contributed by atoms with E-state index in [9.17, 15) is 9.59 Å². The molecule has 1 atom stereocenters. The van der Waals surface area contributed by atoms with E-state index in [2.05, 4.69) is 5.10 Å². The zero-order valence-electron chi connectivity index (χ0n) is 14.0. The monoisotopic (exact) mass is 326 g/mol. The van der Waals surface area contributed by atoms with Crippen LogP contribution in [0.15, 0.2) is 30.3 Å². The number of benzene rings is 1. The summed E-state index contributed by atoms with van der Waals surface area (Å²) in [5.74, 6) is -0.661. The Kier molecular flexibility index (Phi) is 4.38. The van der Waals surface area contributed by atoms with Gasteiger partial charge in [-0.1, -0.05) is 18.2 Å². The quantitative estimate of drug-likeness (QED) is 0.934. The van der Waals surface area contributed by atoms with Crippen LogP contribution in [-0.2, 0) is 4.79 Å². The minimum Gasteiger partial charge on any atom is -0.369 e. The molecule has 1 saturated heterocycles. The van der Waals surface area contributed by atoms with Crippen LogP contribution in [0, 0.1) is 19.8 Å². The van der Waals surface area contributed by atoms with Crippen molar-refractivity contribution in [3.05, 3.63) is 47.3 Å². The minimum atomic E-state index is -0.332. The van der Waals surface area contributed by atoms with Crippen LogP contribution in [0.1, 0.15) is 34.6 Å². The number of hydrogen-bond donors (Lipinski definition) is 1. The van der Waals surface area contributed by atoms with Gasteiger partial charge in [0.2, 0.25) is 5.91 Å². The summed E-state index contributed by atoms with van der Waals surface area (Å²) in [4.78, 5) is 26.2. The molecule has 1 aromatic heterocycles. The summed E-state index contributed by atoms with van der Waals surface area (Å²) in [5.41, 5.74) is 8.46. The zero-order chi connectivity index (χ0) is 17.3. The fraction of sp³-hybridized carbons (Fsp3) is 0.389. The van der Waals surface area contributed by atoms with Crippen LogP contribution < -0.4 is 5.73 Å². The van der Waals surface area contributed by atoms with E-state index in [-0.39, 0.29) is 17.7 Å². The Morgan fingerprint density at radius 1 is 1.21 bits per heavy atom. The lowest BCUT2D eigenvalue weighted by atomic mass is 9.96. The number of likely N-dealkylation sites (tertiary alicyclic amines) is 1. The Hall–Kier alpha value is -2.63. The van der Waals surface area contributed by atoms with Gasteiger partial charge in [-0.15, -0.1) is 0 Å². The van der Waals surface area contributed by atoms with Crippen molar-refractivity contribution >= 4 is 11.8 Å². The highest BCUT2D eigenvalue weighted by Gasteiger charge is 2.30. The van der Waals surface area contributed by atoms with E-state index in [1.807, 2.05) is 44.2 Å². The van der Waals surface area contributed by atoms with Crippen LogP contribution in [0.2, 0.25) is 0 Å². The van der Waals surface area contributed by atoms with Crippen LogP contribution in [0.4, 0.5) is 0 Å². The lowest BCUT2D eigenvalue weighted by Gasteiger charge is -2.31. The molecule has 2 N–H and O–H groups in total. The molecule has 0 spiro atoms. The number of amides is 2. The first kappa shape index (κ1) is 16.2. The predicted octanol–water partition coefficient (Wildman–Crippen LogP) is 1.83. The van der Waals surface area contributed by atoms with Crippen molar-refractivity contribution in [3.63, 3.8) is 0 Å². The molecule has 0 bridgehead atoms. The lowest BCUT2D eigenvalue weighted by molar-refractivity contribution is -0.123. The summed E-state index contributed by atoms with van der Waals surface area (Å²) in [6.07, 6.45) is 1.55. The Balaban J connectivity index is 1.91. The third kappa shape index (κ3) is 2.91. The van der Waals surface area contributed by atoms with E-state index in [0.29, 0.717) is 24.3 Å². The Bertz CT molecular complexity index is 767. The van der Waals surface area contributed by atoms with Crippen molar-refractivity contribution in [1.29, 1.82) is 0 Å². The van der Waals surface area contributed by atoms with Crippen LogP contribution in [-0.4, -0.2) is 39.6 Å². The molecule has 3 rings (SSSR count). The molecule has 2 amide bonds. The third-order valence-corrected chi connectivity index (χ3v) is 4.62. The van der Waals surface area contributed by atoms with Gasteiger partial charge < -0.3 is 10.6 Å². The highest BCUT2D eigenvalue weighted by Crippen LogP contribution is 2.23. The number of primary amides is 1. The number of carbonyl (C=O) groups excluding carboxylic acids is 2. The number of carbonyl (C=O) groups is 2. The van der Waals surface area contributed by atoms with Gasteiger partial charge in [0.25, 0.3) is 5.91 Å². The standard InChI is InChI=1S/C18H22N4O2/c1-12-16(13(2)22(20-12)15-8-4-3-5-9-15)18(24)21-10-6-7-14(11-21)17(19)23/h3-5,8-9,14H,6-7,10-11H2,1-2H3,(H2,19,23)/t14-/m1/s1. The molecule has 6 heteroatoms. The van der Waals surface area contributed by atoms with E-state index in [1.165, 1.54) is 0 Å². The van der Waals surface area contributed by atoms with Crippen LogP contribution in [0.5, 0.6) is 0 Å². The molecule has 2 heterocycles. The molecule has 24 heavy (non-hydrogen) atoms. The van der Waals surface area contributed by atoms with E-state index < -0.39 is 0 Å². The molecule has 1 aromatic carbocycles. The summed E-state index contributed by atoms with van der Waals surface area (Å²) >= 11 is 0. The summed E-state index contributed by atoms with van der Waals surface area (Å²) in [6.45, 7) is 4.78. The maximum Gasteiger partial charge on any atom is 0.257 e. The van der Waals surface area contributed by atoms with Crippen molar-refractivity contribution in [2.45, 2.75) is 26.7 Å². The Morgan fingerprint density at radius 2 is 1.92 bits per heavy atom. The molecule has 2 aromatic rings. The normalized spacial score (nSPS) is 17.8. The Labute approximate surface area is 141 Å². The molecule has 126 valence electrons. The van der Waals surface area contributed by atoms with Crippen molar-refractivity contribution in [3.8, 4) is 5.69 Å². The minimum absolute atomic E-state index is 0.0712. The van der Waals surface area contributed by atoms with Crippen molar-refractivity contribution in [2.24, 2.45) is 11.7 Å². The fourth-order valence-electron chi connectivity index (χ4n) is 3.32. The summed E-state index contributed by atoms with van der Waals surface area (Å²) in [6, 6.07) is 9.74. The molecule has 0 unspecified atom stereocenters. The predicted molar refractivity (Wildman–Crippen MR) is 90.9 cm³/mol. The van der Waals surface area contributed by atoms with E-state index in [0.717, 1.165) is 24.2 Å². The molecule has 1 fully saturated rings. The maximum absolute atomic E-state index is 13.0. The van der Waals surface area contributed by atoms with Crippen LogP contribution in [0.3, 0.4) is 0 Å². The van der Waals surface area contributed by atoms with Gasteiger partial charge in [0.15, 0.2) is 0 Å². The van der Waals surface area contributed by atoms with Gasteiger partial charge in [-0.2, -0.15) is 5.10 Å². The molecule has 0 saturated carbocycles. The number of piperidine rings is 1. The second-order valence-corrected chi connectivity index (χ2v) is 6.29. The fourth-order valence-corrected chi connectivity index (χ4v) is 3.32. The average molecular weight is 326 g/mol. The molecule has 0 radical (unpaired) electrons. The molecular formula is C18H22N4O2. The first-order valence-corrected chi connectivity index (χ1v) is 8.19. The first-order chi connectivity index (χ1) is 11.5. The van der Waals surface area contributed by atoms with Gasteiger partial charge in [0, 0.05) is 13.1 Å². The van der Waals surface area contributed by atoms with Crippen LogP contribution >= 0.6 is 0 Å². The van der Waals surface area contributed by atoms with Crippen molar-refractivity contribution in [2.75, 3.05) is 13.1 Å². The highest BCUT2D eigenvalue weighted by atomic mass is 16.2. The highest BCUT2D eigenvalue weighted by molar-refractivity contribution is 5.97. The van der Waals surface area contributed by atoms with E-state index in [1.54, 1.807) is 9.58 Å². The average Bonchev–Trinajstić information content (AvgIpc) is 2.89. The number of hydrogen-bond acceptors (Lipinski definition) is 3. The van der Waals surface area contributed by atoms with Crippen molar-refractivity contribution < 1.29 is 9.59 Å². The van der Waals surface area contributed by atoms with Gasteiger partial charge in [0.1, 0.15) is 0 Å². The van der Waals surface area contributed by atoms with Gasteiger partial charge in [-0.25, -0.2) is 4.68 Å². The number of nitrogens with zero attached hydrogens (tertiary/aromatic N) is 3. The van der Waals surface area contributed by atoms with E-state index >= 15 is 0 Å². The largest absolute Gasteiger partial charge is 0.369 e. The van der Waals surface area contributed by atoms with Gasteiger partial charge >= 0.3 is 0 Å². The SMILES string of the molecule is Cc1nn(-c2ccccc2)c(C)c1C(=O)N1CCC[C@@H](C(N)=O)C1. The second kappa shape index (κ2) is 6.47. The van der Waals surface area contributed by atoms with Gasteiger partial charge in [-0.05, 0) is 38.8 Å². The molecule has 0 aliphatic carbocycles. The van der Waals surface area contributed by atoms with E-state index in [4.69, 9.17) is 5.73 Å². The number of aryl methyl sites for hydroxylation is 1. The number of rotatable bonds is 3. The molecule has 6 nitrogen and oxygen atoms in total. The molecule has 1 aliphatic heterocycles. The molecular weight excluding hydrogens is 304 g/mol. The smallest absolute Gasteiger partial charge is 0.257 e. The summed E-state index contributed by atoms with van der Waals surface area (Å²) in [5, 5.41) is 4.53. The third-order valence-electron chi connectivity index (χ3n) is 4.62. The van der Waals surface area contributed by atoms with Crippen molar-refractivity contribution in [1.82, 2.24) is 14.7 Å². The lowest BCUT2D eigenvalue weighted by Crippen LogP contribution is -2.44. The zero-order valence-corrected chi connectivity index (χ0v) is 14.0. The second-order valence-electron chi connectivity index (χ2n) is 6.29. The summed E-state index contributed by atoms with van der Waals surface area (Å²) < 4.78 is 1.79. The number of nitrogens with two attached hydrogens (primary N) is 1. The maximum atomic E-state index is 13.0. The summed E-state index contributed by atoms with van der Waals surface area (Å²) in [7, 11) is 0. The Morgan fingerprint density at radius 3 is 2.58 bits per heavy atom. The van der Waals surface area contributed by atoms with Gasteiger partial charge in [0.05, 0.1) is 28.6 Å². The first-order valence-electron chi connectivity index (χ1n) is 8.19. The number of para-hydroxylation sites is 1. The van der Waals surface area contributed by atoms with Crippen LogP contribution in [0.25, 0.3) is 5.69 Å². The molecule has 1 aliphatic rings.